The van der Waals surface area contributed by atoms with Crippen LogP contribution in [0, 0.1) is 0 Å². The highest BCUT2D eigenvalue weighted by Gasteiger charge is 2.32. The van der Waals surface area contributed by atoms with Gasteiger partial charge in [-0.05, 0) is 59.8 Å². The topological polar surface area (TPSA) is 38.7 Å². The molecule has 0 bridgehead atoms. The number of ether oxygens (including phenoxy) is 2. The van der Waals surface area contributed by atoms with Crippen molar-refractivity contribution in [1.82, 2.24) is 0 Å². The Morgan fingerprint density at radius 1 is 0.558 bits per heavy atom. The van der Waals surface area contributed by atoms with Gasteiger partial charge in [0.05, 0.1) is 17.3 Å². The van der Waals surface area contributed by atoms with E-state index in [1.807, 2.05) is 45.1 Å². The van der Waals surface area contributed by atoms with Crippen LogP contribution in [-0.4, -0.2) is 41.0 Å². The summed E-state index contributed by atoms with van der Waals surface area (Å²) in [6.07, 6.45) is 0. The summed E-state index contributed by atoms with van der Waals surface area (Å²) in [7, 11) is 5.43. The summed E-state index contributed by atoms with van der Waals surface area (Å²) in [5.41, 5.74) is 4.09. The first-order chi connectivity index (χ1) is 19.5. The van der Waals surface area contributed by atoms with Gasteiger partial charge < -0.3 is 14.6 Å². The van der Waals surface area contributed by atoms with E-state index in [2.05, 4.69) is 121 Å². The monoisotopic (exact) mass is 666 g/mol. The summed E-state index contributed by atoms with van der Waals surface area (Å²) < 4.78 is 11.6. The Hall–Kier alpha value is -0.600. The molecular weight excluding hydrogens is 609 g/mol. The lowest BCUT2D eigenvalue weighted by Crippen LogP contribution is -2.21. The van der Waals surface area contributed by atoms with E-state index in [0.29, 0.717) is 12.4 Å². The molecule has 0 fully saturated rings. The molecule has 0 saturated carbocycles. The maximum absolute atomic E-state index is 11.2. The van der Waals surface area contributed by atoms with Crippen LogP contribution in [0.25, 0.3) is 0 Å². The van der Waals surface area contributed by atoms with E-state index >= 15 is 0 Å². The molecule has 2 aromatic carbocycles. The number of aromatic hydroxyl groups is 1. The van der Waals surface area contributed by atoms with Crippen LogP contribution in [0.2, 0.25) is 0 Å². The Morgan fingerprint density at radius 2 is 0.907 bits per heavy atom. The average molecular weight is 667 g/mol. The zero-order valence-electron chi connectivity index (χ0n) is 29.5. The zero-order valence-corrected chi connectivity index (χ0v) is 32.8. The van der Waals surface area contributed by atoms with Crippen LogP contribution in [0.3, 0.4) is 0 Å². The second-order valence-electron chi connectivity index (χ2n) is 15.8. The molecule has 2 aromatic rings. The Balaban J connectivity index is 2.47. The maximum atomic E-state index is 11.2. The van der Waals surface area contributed by atoms with Gasteiger partial charge in [0.2, 0.25) is 0 Å². The molecule has 1 N–H and O–H groups in total. The van der Waals surface area contributed by atoms with Gasteiger partial charge in [-0.25, -0.2) is 0 Å². The SMILES string of the molecule is COCCSSCCOc1c(C(C)(C)C)cc(SC(C)(C)Sc2cc(C(C)(C)C)c(O)c(C(C)(C)C)c2)cc1C(C)(C)C. The van der Waals surface area contributed by atoms with Crippen LogP contribution >= 0.6 is 45.1 Å². The molecule has 0 atom stereocenters. The van der Waals surface area contributed by atoms with E-state index in [9.17, 15) is 5.11 Å². The fraction of sp³-hybridized carbons (Fsp3) is 0.667. The number of methoxy groups -OCH3 is 1. The third-order valence-electron chi connectivity index (χ3n) is 6.97. The lowest BCUT2D eigenvalue weighted by molar-refractivity contribution is 0.219. The molecule has 7 heteroatoms. The molecule has 0 aliphatic carbocycles. The first-order valence-corrected chi connectivity index (χ1v) is 19.4. The second kappa shape index (κ2) is 14.9. The van der Waals surface area contributed by atoms with Crippen molar-refractivity contribution in [2.24, 2.45) is 0 Å². The molecule has 43 heavy (non-hydrogen) atoms. The van der Waals surface area contributed by atoms with Crippen LogP contribution in [0.1, 0.15) is 119 Å². The van der Waals surface area contributed by atoms with E-state index in [-0.39, 0.29) is 25.7 Å². The molecule has 0 saturated heterocycles. The van der Waals surface area contributed by atoms with Gasteiger partial charge in [-0.3, -0.25) is 0 Å². The van der Waals surface area contributed by atoms with Gasteiger partial charge in [-0.2, -0.15) is 0 Å². The average Bonchev–Trinajstić information content (AvgIpc) is 2.81. The molecule has 0 aromatic heterocycles. The summed E-state index contributed by atoms with van der Waals surface area (Å²) in [5.74, 6) is 3.39. The highest BCUT2D eigenvalue weighted by molar-refractivity contribution is 8.76. The zero-order chi connectivity index (χ0) is 33.0. The summed E-state index contributed by atoms with van der Waals surface area (Å²) in [5, 5.41) is 11.2. The van der Waals surface area contributed by atoms with Crippen molar-refractivity contribution >= 4 is 45.1 Å². The number of hydrogen-bond donors (Lipinski definition) is 1. The van der Waals surface area contributed by atoms with Crippen molar-refractivity contribution in [3.05, 3.63) is 46.5 Å². The van der Waals surface area contributed by atoms with Crippen molar-refractivity contribution in [3.8, 4) is 11.5 Å². The molecule has 244 valence electrons. The van der Waals surface area contributed by atoms with Gasteiger partial charge in [-0.1, -0.05) is 105 Å². The maximum Gasteiger partial charge on any atom is 0.126 e. The Labute approximate surface area is 280 Å². The molecule has 0 aliphatic heterocycles. The summed E-state index contributed by atoms with van der Waals surface area (Å²) >= 11 is 3.78. The lowest BCUT2D eigenvalue weighted by Gasteiger charge is -2.32. The minimum atomic E-state index is -0.155. The highest BCUT2D eigenvalue weighted by Crippen LogP contribution is 2.51. The molecular formula is C36H58O3S4. The van der Waals surface area contributed by atoms with Crippen LogP contribution in [0.5, 0.6) is 11.5 Å². The third kappa shape index (κ3) is 11.6. The van der Waals surface area contributed by atoms with Crippen LogP contribution in [0.4, 0.5) is 0 Å². The fourth-order valence-corrected chi connectivity index (χ4v) is 9.07. The lowest BCUT2D eigenvalue weighted by atomic mass is 9.79. The predicted octanol–water partition coefficient (Wildman–Crippen LogP) is 11.6. The van der Waals surface area contributed by atoms with Gasteiger partial charge >= 0.3 is 0 Å². The van der Waals surface area contributed by atoms with Crippen molar-refractivity contribution < 1.29 is 14.6 Å². The molecule has 0 aliphatic rings. The van der Waals surface area contributed by atoms with Crippen molar-refractivity contribution in [3.63, 3.8) is 0 Å². The summed E-state index contributed by atoms with van der Waals surface area (Å²) in [4.78, 5) is 2.45. The van der Waals surface area contributed by atoms with Gasteiger partial charge in [0, 0.05) is 50.7 Å². The molecule has 0 spiro atoms. The Morgan fingerprint density at radius 3 is 1.26 bits per heavy atom. The minimum absolute atomic E-state index is 0.0658. The number of hydrogen-bond acceptors (Lipinski definition) is 7. The number of phenolic OH excluding ortho intramolecular Hbond substituents is 1. The van der Waals surface area contributed by atoms with Crippen molar-refractivity contribution in [2.75, 3.05) is 31.8 Å². The van der Waals surface area contributed by atoms with Crippen molar-refractivity contribution in [2.45, 2.75) is 132 Å². The Kier molecular flexibility index (Phi) is 13.3. The smallest absolute Gasteiger partial charge is 0.126 e. The van der Waals surface area contributed by atoms with Gasteiger partial charge in [0.25, 0.3) is 0 Å². The van der Waals surface area contributed by atoms with Gasteiger partial charge in [0.15, 0.2) is 0 Å². The van der Waals surface area contributed by atoms with E-state index in [1.165, 1.54) is 20.9 Å². The van der Waals surface area contributed by atoms with Gasteiger partial charge in [0.1, 0.15) is 11.5 Å². The molecule has 3 nitrogen and oxygen atoms in total. The molecule has 0 unspecified atom stereocenters. The van der Waals surface area contributed by atoms with Crippen LogP contribution in [0.15, 0.2) is 34.1 Å². The minimum Gasteiger partial charge on any atom is -0.507 e. The fourth-order valence-electron chi connectivity index (χ4n) is 4.74. The number of benzene rings is 2. The molecule has 2 rings (SSSR count). The summed E-state index contributed by atoms with van der Waals surface area (Å²) in [6.45, 7) is 32.8. The summed E-state index contributed by atoms with van der Waals surface area (Å²) in [6, 6.07) is 9.11. The third-order valence-corrected chi connectivity index (χ3v) is 11.7. The van der Waals surface area contributed by atoms with Crippen molar-refractivity contribution in [1.29, 1.82) is 0 Å². The largest absolute Gasteiger partial charge is 0.507 e. The normalized spacial score (nSPS) is 13.5. The van der Waals surface area contributed by atoms with E-state index in [1.54, 1.807) is 7.11 Å². The number of phenols is 1. The first-order valence-electron chi connectivity index (χ1n) is 15.3. The standard InChI is InChI=1S/C36H58O3S4/c1-32(2,3)26-20-24(21-27(30(26)37)33(4,5)6)42-36(13,14)43-25-22-28(34(7,8)9)31(29(23-25)35(10,11)12)39-17-19-41-40-18-16-38-15/h20-23,37H,16-19H2,1-15H3. The quantitative estimate of drug-likeness (QED) is 0.105. The number of thioether (sulfide) groups is 2. The number of rotatable bonds is 12. The highest BCUT2D eigenvalue weighted by atomic mass is 33.1. The van der Waals surface area contributed by atoms with Gasteiger partial charge in [-0.15, -0.1) is 23.5 Å². The molecule has 0 amide bonds. The van der Waals surface area contributed by atoms with Crippen LogP contribution < -0.4 is 4.74 Å². The second-order valence-corrected chi connectivity index (χ2v) is 22.2. The predicted molar refractivity (Wildman–Crippen MR) is 197 cm³/mol. The Bertz CT molecular complexity index is 1140. The van der Waals surface area contributed by atoms with E-state index in [4.69, 9.17) is 9.47 Å². The first kappa shape index (κ1) is 38.6. The van der Waals surface area contributed by atoms with E-state index < -0.39 is 0 Å². The van der Waals surface area contributed by atoms with Crippen LogP contribution in [-0.2, 0) is 26.4 Å². The molecule has 0 heterocycles. The molecule has 0 radical (unpaired) electrons. The van der Waals surface area contributed by atoms with E-state index in [0.717, 1.165) is 35.0 Å².